The molecular weight excluding hydrogens is 324 g/mol. The lowest BCUT2D eigenvalue weighted by atomic mass is 10.1. The van der Waals surface area contributed by atoms with Crippen molar-refractivity contribution >= 4 is 29.1 Å². The summed E-state index contributed by atoms with van der Waals surface area (Å²) in [6.45, 7) is 2.86. The van der Waals surface area contributed by atoms with Gasteiger partial charge in [0.15, 0.2) is 0 Å². The molecular formula is C19H19ClN2O2. The Hall–Kier alpha value is -2.33. The molecule has 1 aliphatic heterocycles. The Labute approximate surface area is 146 Å². The van der Waals surface area contributed by atoms with Gasteiger partial charge in [0.2, 0.25) is 11.8 Å². The fraction of sp³-hybridized carbons (Fsp3) is 0.263. The Kier molecular flexibility index (Phi) is 4.86. The molecule has 5 heteroatoms. The third-order valence-corrected chi connectivity index (χ3v) is 4.47. The molecule has 1 fully saturated rings. The second-order valence-corrected chi connectivity index (χ2v) is 6.52. The Balaban J connectivity index is 1.59. The maximum atomic E-state index is 12.3. The van der Waals surface area contributed by atoms with Crippen molar-refractivity contribution < 1.29 is 9.59 Å². The van der Waals surface area contributed by atoms with Gasteiger partial charge < -0.3 is 10.2 Å². The van der Waals surface area contributed by atoms with E-state index in [-0.39, 0.29) is 24.2 Å². The van der Waals surface area contributed by atoms with Crippen LogP contribution in [-0.2, 0) is 16.1 Å². The number of amides is 2. The maximum absolute atomic E-state index is 12.3. The fourth-order valence-corrected chi connectivity index (χ4v) is 2.92. The van der Waals surface area contributed by atoms with Gasteiger partial charge in [0.25, 0.3) is 0 Å². The monoisotopic (exact) mass is 342 g/mol. The summed E-state index contributed by atoms with van der Waals surface area (Å²) in [7, 11) is 0. The highest BCUT2D eigenvalue weighted by atomic mass is 35.5. The number of hydrogen-bond donors (Lipinski definition) is 1. The van der Waals surface area contributed by atoms with Crippen molar-refractivity contribution in [3.05, 3.63) is 64.7 Å². The normalized spacial score (nSPS) is 17.2. The lowest BCUT2D eigenvalue weighted by molar-refractivity contribution is -0.126. The number of aryl methyl sites for hydroxylation is 1. The highest BCUT2D eigenvalue weighted by molar-refractivity contribution is 6.30. The predicted molar refractivity (Wildman–Crippen MR) is 94.9 cm³/mol. The second-order valence-electron chi connectivity index (χ2n) is 6.09. The van der Waals surface area contributed by atoms with Crippen molar-refractivity contribution in [3.8, 4) is 0 Å². The van der Waals surface area contributed by atoms with E-state index in [1.165, 1.54) is 0 Å². The van der Waals surface area contributed by atoms with Crippen molar-refractivity contribution in [2.75, 3.05) is 11.4 Å². The summed E-state index contributed by atoms with van der Waals surface area (Å²) in [5.41, 5.74) is 2.97. The molecule has 1 aliphatic rings. The van der Waals surface area contributed by atoms with E-state index in [4.69, 9.17) is 11.6 Å². The van der Waals surface area contributed by atoms with Gasteiger partial charge in [0.1, 0.15) is 0 Å². The van der Waals surface area contributed by atoms with Crippen LogP contribution in [-0.4, -0.2) is 18.4 Å². The van der Waals surface area contributed by atoms with E-state index >= 15 is 0 Å². The van der Waals surface area contributed by atoms with E-state index in [1.54, 1.807) is 17.0 Å². The zero-order chi connectivity index (χ0) is 17.1. The largest absolute Gasteiger partial charge is 0.352 e. The van der Waals surface area contributed by atoms with E-state index in [0.29, 0.717) is 18.1 Å². The SMILES string of the molecule is Cc1ccc(N2C[C@@H](C(=O)NCc3ccc(Cl)cc3)CC2=O)cc1. The van der Waals surface area contributed by atoms with Gasteiger partial charge >= 0.3 is 0 Å². The van der Waals surface area contributed by atoms with Gasteiger partial charge in [0, 0.05) is 30.2 Å². The zero-order valence-corrected chi connectivity index (χ0v) is 14.2. The molecule has 2 amide bonds. The van der Waals surface area contributed by atoms with Crippen LogP contribution in [0.1, 0.15) is 17.5 Å². The van der Waals surface area contributed by atoms with E-state index < -0.39 is 0 Å². The van der Waals surface area contributed by atoms with Gasteiger partial charge in [0.05, 0.1) is 5.92 Å². The van der Waals surface area contributed by atoms with Gasteiger partial charge in [-0.3, -0.25) is 9.59 Å². The topological polar surface area (TPSA) is 49.4 Å². The smallest absolute Gasteiger partial charge is 0.227 e. The number of nitrogens with one attached hydrogen (secondary N) is 1. The molecule has 0 unspecified atom stereocenters. The number of nitrogens with zero attached hydrogens (tertiary/aromatic N) is 1. The van der Waals surface area contributed by atoms with E-state index in [0.717, 1.165) is 16.8 Å². The van der Waals surface area contributed by atoms with E-state index in [9.17, 15) is 9.59 Å². The van der Waals surface area contributed by atoms with Gasteiger partial charge in [-0.05, 0) is 36.8 Å². The van der Waals surface area contributed by atoms with Crippen LogP contribution in [0.2, 0.25) is 5.02 Å². The molecule has 1 heterocycles. The first-order chi connectivity index (χ1) is 11.5. The molecule has 2 aromatic rings. The van der Waals surface area contributed by atoms with Crippen molar-refractivity contribution in [2.45, 2.75) is 19.9 Å². The minimum Gasteiger partial charge on any atom is -0.352 e. The zero-order valence-electron chi connectivity index (χ0n) is 13.5. The lowest BCUT2D eigenvalue weighted by Gasteiger charge is -2.17. The maximum Gasteiger partial charge on any atom is 0.227 e. The molecule has 0 spiro atoms. The van der Waals surface area contributed by atoms with Gasteiger partial charge in [-0.1, -0.05) is 41.4 Å². The average molecular weight is 343 g/mol. The number of hydrogen-bond acceptors (Lipinski definition) is 2. The lowest BCUT2D eigenvalue weighted by Crippen LogP contribution is -2.32. The highest BCUT2D eigenvalue weighted by Crippen LogP contribution is 2.25. The molecule has 0 bridgehead atoms. The standard InChI is InChI=1S/C19H19ClN2O2/c1-13-2-8-17(9-3-13)22-12-15(10-18(22)23)19(24)21-11-14-4-6-16(20)7-5-14/h2-9,15H,10-12H2,1H3,(H,21,24)/t15-/m0/s1. The number of benzene rings is 2. The fourth-order valence-electron chi connectivity index (χ4n) is 2.79. The van der Waals surface area contributed by atoms with Crippen LogP contribution < -0.4 is 10.2 Å². The molecule has 0 saturated carbocycles. The van der Waals surface area contributed by atoms with Crippen LogP contribution in [0, 0.1) is 12.8 Å². The van der Waals surface area contributed by atoms with E-state index in [2.05, 4.69) is 5.32 Å². The number of rotatable bonds is 4. The summed E-state index contributed by atoms with van der Waals surface area (Å²) in [6.07, 6.45) is 0.250. The van der Waals surface area contributed by atoms with Crippen LogP contribution >= 0.6 is 11.6 Å². The third kappa shape index (κ3) is 3.77. The molecule has 0 aromatic heterocycles. The van der Waals surface area contributed by atoms with Crippen molar-refractivity contribution in [2.24, 2.45) is 5.92 Å². The first-order valence-electron chi connectivity index (χ1n) is 7.92. The molecule has 124 valence electrons. The second kappa shape index (κ2) is 7.05. The Morgan fingerprint density at radius 3 is 2.50 bits per heavy atom. The first-order valence-corrected chi connectivity index (χ1v) is 8.30. The highest BCUT2D eigenvalue weighted by Gasteiger charge is 2.34. The van der Waals surface area contributed by atoms with Crippen LogP contribution in [0.4, 0.5) is 5.69 Å². The summed E-state index contributed by atoms with van der Waals surface area (Å²) < 4.78 is 0. The Morgan fingerprint density at radius 2 is 1.83 bits per heavy atom. The Bertz CT molecular complexity index is 741. The van der Waals surface area contributed by atoms with Gasteiger partial charge in [-0.2, -0.15) is 0 Å². The third-order valence-electron chi connectivity index (χ3n) is 4.22. The van der Waals surface area contributed by atoms with Crippen LogP contribution in [0.3, 0.4) is 0 Å². The number of carbonyl (C=O) groups excluding carboxylic acids is 2. The first kappa shape index (κ1) is 16.5. The van der Waals surface area contributed by atoms with Crippen LogP contribution in [0.25, 0.3) is 0 Å². The van der Waals surface area contributed by atoms with Crippen molar-refractivity contribution in [1.82, 2.24) is 5.32 Å². The number of halogens is 1. The number of anilines is 1. The summed E-state index contributed by atoms with van der Waals surface area (Å²) in [5.74, 6) is -0.412. The minimum absolute atomic E-state index is 0.00880. The van der Waals surface area contributed by atoms with Crippen molar-refractivity contribution in [1.29, 1.82) is 0 Å². The molecule has 1 N–H and O–H groups in total. The number of carbonyl (C=O) groups is 2. The molecule has 1 saturated heterocycles. The summed E-state index contributed by atoms with van der Waals surface area (Å²) in [5, 5.41) is 3.57. The van der Waals surface area contributed by atoms with E-state index in [1.807, 2.05) is 43.3 Å². The molecule has 2 aromatic carbocycles. The van der Waals surface area contributed by atoms with Gasteiger partial charge in [-0.25, -0.2) is 0 Å². The summed E-state index contributed by atoms with van der Waals surface area (Å²) in [6, 6.07) is 15.1. The van der Waals surface area contributed by atoms with Gasteiger partial charge in [-0.15, -0.1) is 0 Å². The summed E-state index contributed by atoms with van der Waals surface area (Å²) >= 11 is 5.85. The van der Waals surface area contributed by atoms with Crippen LogP contribution in [0.15, 0.2) is 48.5 Å². The van der Waals surface area contributed by atoms with Crippen LogP contribution in [0.5, 0.6) is 0 Å². The summed E-state index contributed by atoms with van der Waals surface area (Å²) in [4.78, 5) is 26.3. The molecule has 0 radical (unpaired) electrons. The molecule has 24 heavy (non-hydrogen) atoms. The predicted octanol–water partition coefficient (Wildman–Crippen LogP) is 3.32. The minimum atomic E-state index is -0.314. The molecule has 3 rings (SSSR count). The molecule has 1 atom stereocenters. The average Bonchev–Trinajstić information content (AvgIpc) is 2.97. The van der Waals surface area contributed by atoms with Crippen molar-refractivity contribution in [3.63, 3.8) is 0 Å². The Morgan fingerprint density at radius 1 is 1.17 bits per heavy atom. The molecule has 4 nitrogen and oxygen atoms in total. The quantitative estimate of drug-likeness (QED) is 0.926. The molecule has 0 aliphatic carbocycles.